The molecule has 7 heteroatoms. The molecule has 2 amide bonds. The number of hydrogen-bond acceptors (Lipinski definition) is 4. The predicted molar refractivity (Wildman–Crippen MR) is 89.4 cm³/mol. The molecule has 1 fully saturated rings. The molecule has 7 nitrogen and oxygen atoms in total. The molecule has 2 heterocycles. The zero-order valence-electron chi connectivity index (χ0n) is 13.1. The molecule has 1 saturated heterocycles. The number of carbonyl (C=O) groups is 1. The number of hydrogen-bond donors (Lipinski definition) is 4. The number of aromatic amines is 1. The molecule has 0 spiro atoms. The molecule has 0 aliphatic carbocycles. The van der Waals surface area contributed by atoms with Gasteiger partial charge in [-0.3, -0.25) is 5.10 Å². The van der Waals surface area contributed by atoms with Crippen LogP contribution in [0.15, 0.2) is 24.4 Å². The van der Waals surface area contributed by atoms with Gasteiger partial charge in [-0.15, -0.1) is 0 Å². The van der Waals surface area contributed by atoms with Gasteiger partial charge in [-0.05, 0) is 43.5 Å². The Kier molecular flexibility index (Phi) is 5.09. The van der Waals surface area contributed by atoms with Gasteiger partial charge >= 0.3 is 6.03 Å². The maximum atomic E-state index is 11.9. The van der Waals surface area contributed by atoms with Gasteiger partial charge in [0.2, 0.25) is 0 Å². The number of likely N-dealkylation sites (tertiary alicyclic amines) is 1. The summed E-state index contributed by atoms with van der Waals surface area (Å²) in [5, 5.41) is 22.7. The number of rotatable bonds is 5. The number of aliphatic hydroxyl groups excluding tert-OH is 1. The standard InChI is InChI=1S/C16H23N5O2/c22-11-12-2-1-6-21(10-12)7-5-17-16(23)19-14-3-4-15-13(8-14)9-18-20-15/h3-4,8-9,12,22H,1-2,5-7,10-11H2,(H,18,20)(H2,17,19,23). The molecule has 0 radical (unpaired) electrons. The summed E-state index contributed by atoms with van der Waals surface area (Å²) in [5.41, 5.74) is 1.69. The van der Waals surface area contributed by atoms with E-state index in [0.717, 1.165) is 49.1 Å². The minimum absolute atomic E-state index is 0.205. The number of benzene rings is 1. The highest BCUT2D eigenvalue weighted by atomic mass is 16.3. The van der Waals surface area contributed by atoms with Crippen molar-refractivity contribution in [3.63, 3.8) is 0 Å². The smallest absolute Gasteiger partial charge is 0.319 e. The molecule has 4 N–H and O–H groups in total. The molecule has 23 heavy (non-hydrogen) atoms. The van der Waals surface area contributed by atoms with Crippen LogP contribution in [-0.2, 0) is 0 Å². The fourth-order valence-corrected chi connectivity index (χ4v) is 3.03. The van der Waals surface area contributed by atoms with Gasteiger partial charge in [0, 0.05) is 37.3 Å². The van der Waals surface area contributed by atoms with Crippen LogP contribution < -0.4 is 10.6 Å². The van der Waals surface area contributed by atoms with E-state index in [1.165, 1.54) is 0 Å². The van der Waals surface area contributed by atoms with Crippen molar-refractivity contribution in [2.45, 2.75) is 12.8 Å². The topological polar surface area (TPSA) is 93.3 Å². The number of fused-ring (bicyclic) bond motifs is 1. The van der Waals surface area contributed by atoms with E-state index >= 15 is 0 Å². The predicted octanol–water partition coefficient (Wildman–Crippen LogP) is 1.39. The number of aromatic nitrogens is 2. The minimum Gasteiger partial charge on any atom is -0.396 e. The Balaban J connectivity index is 1.42. The van der Waals surface area contributed by atoms with Crippen LogP contribution >= 0.6 is 0 Å². The number of urea groups is 1. The van der Waals surface area contributed by atoms with Crippen molar-refractivity contribution in [1.29, 1.82) is 0 Å². The molecular weight excluding hydrogens is 294 g/mol. The average molecular weight is 317 g/mol. The van der Waals surface area contributed by atoms with Gasteiger partial charge < -0.3 is 20.6 Å². The van der Waals surface area contributed by atoms with Gasteiger partial charge in [-0.2, -0.15) is 5.10 Å². The fraction of sp³-hybridized carbons (Fsp3) is 0.500. The van der Waals surface area contributed by atoms with Crippen LogP contribution in [0.25, 0.3) is 10.9 Å². The van der Waals surface area contributed by atoms with Crippen molar-refractivity contribution in [3.8, 4) is 0 Å². The van der Waals surface area contributed by atoms with E-state index in [1.54, 1.807) is 6.20 Å². The monoisotopic (exact) mass is 317 g/mol. The summed E-state index contributed by atoms with van der Waals surface area (Å²) in [6, 6.07) is 5.41. The second-order valence-electron chi connectivity index (χ2n) is 6.04. The Labute approximate surface area is 135 Å². The molecule has 2 aromatic rings. The summed E-state index contributed by atoms with van der Waals surface area (Å²) in [4.78, 5) is 14.2. The first-order valence-electron chi connectivity index (χ1n) is 8.06. The SMILES string of the molecule is O=C(NCCN1CCCC(CO)C1)Nc1ccc2[nH]ncc2c1. The Hall–Kier alpha value is -2.12. The van der Waals surface area contributed by atoms with Crippen molar-refractivity contribution in [2.24, 2.45) is 5.92 Å². The Bertz CT molecular complexity index is 657. The zero-order chi connectivity index (χ0) is 16.1. The number of carbonyl (C=O) groups excluding carboxylic acids is 1. The quantitative estimate of drug-likeness (QED) is 0.670. The highest BCUT2D eigenvalue weighted by Gasteiger charge is 2.18. The minimum atomic E-state index is -0.205. The number of nitrogens with one attached hydrogen (secondary N) is 3. The highest BCUT2D eigenvalue weighted by Crippen LogP contribution is 2.17. The molecule has 1 aliphatic heterocycles. The molecule has 1 aromatic carbocycles. The number of amides is 2. The summed E-state index contributed by atoms with van der Waals surface area (Å²) in [7, 11) is 0. The normalized spacial score (nSPS) is 18.9. The number of anilines is 1. The Morgan fingerprint density at radius 3 is 3.26 bits per heavy atom. The van der Waals surface area contributed by atoms with E-state index in [4.69, 9.17) is 0 Å². The molecule has 3 rings (SSSR count). The van der Waals surface area contributed by atoms with Gasteiger partial charge in [0.25, 0.3) is 0 Å². The molecule has 0 saturated carbocycles. The lowest BCUT2D eigenvalue weighted by atomic mass is 9.99. The first kappa shape index (κ1) is 15.8. The van der Waals surface area contributed by atoms with Gasteiger partial charge in [-0.1, -0.05) is 0 Å². The molecule has 124 valence electrons. The van der Waals surface area contributed by atoms with Crippen molar-refractivity contribution in [3.05, 3.63) is 24.4 Å². The maximum absolute atomic E-state index is 11.9. The third-order valence-electron chi connectivity index (χ3n) is 4.27. The van der Waals surface area contributed by atoms with Crippen molar-refractivity contribution >= 4 is 22.6 Å². The van der Waals surface area contributed by atoms with Gasteiger partial charge in [-0.25, -0.2) is 4.79 Å². The molecular formula is C16H23N5O2. The van der Waals surface area contributed by atoms with E-state index in [-0.39, 0.29) is 12.6 Å². The van der Waals surface area contributed by atoms with Crippen LogP contribution in [-0.4, -0.2) is 59.0 Å². The lowest BCUT2D eigenvalue weighted by Gasteiger charge is -2.31. The lowest BCUT2D eigenvalue weighted by molar-refractivity contribution is 0.121. The van der Waals surface area contributed by atoms with E-state index in [2.05, 4.69) is 25.7 Å². The number of H-pyrrole nitrogens is 1. The molecule has 1 atom stereocenters. The zero-order valence-corrected chi connectivity index (χ0v) is 13.1. The van der Waals surface area contributed by atoms with Crippen LogP contribution in [0, 0.1) is 5.92 Å². The summed E-state index contributed by atoms with van der Waals surface area (Å²) in [6.45, 7) is 3.61. The summed E-state index contributed by atoms with van der Waals surface area (Å²) in [6.07, 6.45) is 3.94. The third kappa shape index (κ3) is 4.20. The van der Waals surface area contributed by atoms with E-state index in [1.807, 2.05) is 18.2 Å². The molecule has 1 unspecified atom stereocenters. The summed E-state index contributed by atoms with van der Waals surface area (Å²) in [5.74, 6) is 0.374. The molecule has 0 bridgehead atoms. The van der Waals surface area contributed by atoms with Crippen LogP contribution in [0.1, 0.15) is 12.8 Å². The second-order valence-corrected chi connectivity index (χ2v) is 6.04. The van der Waals surface area contributed by atoms with Crippen LogP contribution in [0.2, 0.25) is 0 Å². The van der Waals surface area contributed by atoms with Gasteiger partial charge in [0.15, 0.2) is 0 Å². The summed E-state index contributed by atoms with van der Waals surface area (Å²) < 4.78 is 0. The fourth-order valence-electron chi connectivity index (χ4n) is 3.03. The van der Waals surface area contributed by atoms with Gasteiger partial charge in [0.1, 0.15) is 0 Å². The Morgan fingerprint density at radius 1 is 1.48 bits per heavy atom. The van der Waals surface area contributed by atoms with Crippen molar-refractivity contribution in [1.82, 2.24) is 20.4 Å². The number of nitrogens with zero attached hydrogens (tertiary/aromatic N) is 2. The largest absolute Gasteiger partial charge is 0.396 e. The van der Waals surface area contributed by atoms with Crippen molar-refractivity contribution in [2.75, 3.05) is 38.1 Å². The summed E-state index contributed by atoms with van der Waals surface area (Å²) >= 11 is 0. The van der Waals surface area contributed by atoms with Crippen molar-refractivity contribution < 1.29 is 9.90 Å². The number of aliphatic hydroxyl groups is 1. The number of piperidine rings is 1. The van der Waals surface area contributed by atoms with Crippen LogP contribution in [0.4, 0.5) is 10.5 Å². The third-order valence-corrected chi connectivity index (χ3v) is 4.27. The van der Waals surface area contributed by atoms with Crippen LogP contribution in [0.3, 0.4) is 0 Å². The Morgan fingerprint density at radius 2 is 2.39 bits per heavy atom. The van der Waals surface area contributed by atoms with Crippen LogP contribution in [0.5, 0.6) is 0 Å². The van der Waals surface area contributed by atoms with E-state index in [9.17, 15) is 9.90 Å². The second kappa shape index (κ2) is 7.43. The van der Waals surface area contributed by atoms with Gasteiger partial charge in [0.05, 0.1) is 11.7 Å². The first-order valence-corrected chi connectivity index (χ1v) is 8.06. The first-order chi connectivity index (χ1) is 11.2. The maximum Gasteiger partial charge on any atom is 0.319 e. The van der Waals surface area contributed by atoms with E-state index < -0.39 is 0 Å². The van der Waals surface area contributed by atoms with E-state index in [0.29, 0.717) is 12.5 Å². The lowest BCUT2D eigenvalue weighted by Crippen LogP contribution is -2.42. The highest BCUT2D eigenvalue weighted by molar-refractivity contribution is 5.92. The average Bonchev–Trinajstić information content (AvgIpc) is 3.02. The molecule has 1 aromatic heterocycles. The molecule has 1 aliphatic rings.